The van der Waals surface area contributed by atoms with E-state index in [0.717, 1.165) is 12.8 Å². The molecule has 0 bridgehead atoms. The molecule has 0 unspecified atom stereocenters. The lowest BCUT2D eigenvalue weighted by molar-refractivity contribution is -0.164. The molecule has 0 aliphatic heterocycles. The first-order chi connectivity index (χ1) is 11.2. The van der Waals surface area contributed by atoms with Crippen LogP contribution in [-0.4, -0.2) is 64.6 Å². The van der Waals surface area contributed by atoms with Crippen molar-refractivity contribution in [3.05, 3.63) is 0 Å². The summed E-state index contributed by atoms with van der Waals surface area (Å²) in [6, 6.07) is -0.716. The third-order valence-corrected chi connectivity index (χ3v) is 4.00. The summed E-state index contributed by atoms with van der Waals surface area (Å²) in [6.45, 7) is 2.25. The lowest BCUT2D eigenvalue weighted by Gasteiger charge is -2.14. The third kappa shape index (κ3) is 13.5. The largest absolute Gasteiger partial charge is 0.480 e. The number of hydrogen-bond acceptors (Lipinski definition) is 8. The van der Waals surface area contributed by atoms with E-state index >= 15 is 0 Å². The molecule has 0 spiro atoms. The number of hydrogen-bond donors (Lipinski definition) is 5. The summed E-state index contributed by atoms with van der Waals surface area (Å²) in [5.74, 6) is -2.32. The summed E-state index contributed by atoms with van der Waals surface area (Å²) in [4.78, 5) is 32.0. The quantitative estimate of drug-likeness (QED) is 0.194. The Bertz CT molecular complexity index is 384. The zero-order valence-electron chi connectivity index (χ0n) is 14.0. The standard InChI is InChI=1S/C8H14O4S2.C6H14N2O2/c1-5(3-13)8(11)12-6(4-14-2)7(9)10;7-4-2-1-3-5(8)6(9)10/h5-6,13H,3-4H2,1-2H3,(H,9,10);5H,1-4,7-8H2,(H,9,10)/t5-,6+;5-/m10/s1. The van der Waals surface area contributed by atoms with Crippen molar-refractivity contribution in [2.24, 2.45) is 17.4 Å². The highest BCUT2D eigenvalue weighted by Crippen LogP contribution is 2.07. The van der Waals surface area contributed by atoms with E-state index in [-0.39, 0.29) is 11.7 Å². The van der Waals surface area contributed by atoms with Crippen LogP contribution in [0.3, 0.4) is 0 Å². The van der Waals surface area contributed by atoms with Gasteiger partial charge in [0, 0.05) is 11.5 Å². The molecule has 8 nitrogen and oxygen atoms in total. The summed E-state index contributed by atoms with van der Waals surface area (Å²) < 4.78 is 4.80. The number of unbranched alkanes of at least 4 members (excludes halogenated alkanes) is 1. The zero-order valence-corrected chi connectivity index (χ0v) is 15.7. The van der Waals surface area contributed by atoms with Gasteiger partial charge in [0.2, 0.25) is 6.10 Å². The molecule has 0 heterocycles. The number of thioether (sulfide) groups is 1. The molecule has 0 aromatic rings. The molecule has 0 radical (unpaired) electrons. The first-order valence-corrected chi connectivity index (χ1v) is 9.45. The Morgan fingerprint density at radius 1 is 1.21 bits per heavy atom. The summed E-state index contributed by atoms with van der Waals surface area (Å²) in [5, 5.41) is 17.0. The van der Waals surface area contributed by atoms with Gasteiger partial charge in [-0.1, -0.05) is 13.3 Å². The molecule has 3 atom stereocenters. The number of carbonyl (C=O) groups excluding carboxylic acids is 1. The van der Waals surface area contributed by atoms with E-state index < -0.39 is 30.1 Å². The van der Waals surface area contributed by atoms with Crippen molar-refractivity contribution >= 4 is 42.3 Å². The first-order valence-electron chi connectivity index (χ1n) is 7.42. The third-order valence-electron chi connectivity index (χ3n) is 2.81. The molecule has 10 heteroatoms. The maximum atomic E-state index is 11.2. The van der Waals surface area contributed by atoms with Crippen molar-refractivity contribution < 1.29 is 29.3 Å². The molecule has 0 saturated heterocycles. The fraction of sp³-hybridized carbons (Fsp3) is 0.786. The number of thiol groups is 1. The van der Waals surface area contributed by atoms with Crippen LogP contribution in [0.5, 0.6) is 0 Å². The molecule has 0 aliphatic carbocycles. The molecule has 0 rings (SSSR count). The van der Waals surface area contributed by atoms with Gasteiger partial charge in [0.1, 0.15) is 6.04 Å². The highest BCUT2D eigenvalue weighted by molar-refractivity contribution is 7.98. The predicted molar refractivity (Wildman–Crippen MR) is 97.4 cm³/mol. The summed E-state index contributed by atoms with van der Waals surface area (Å²) in [7, 11) is 0. The molecule has 0 fully saturated rings. The second-order valence-electron chi connectivity index (χ2n) is 5.03. The maximum Gasteiger partial charge on any atom is 0.345 e. The van der Waals surface area contributed by atoms with Crippen LogP contribution in [0, 0.1) is 5.92 Å². The monoisotopic (exact) mass is 384 g/mol. The summed E-state index contributed by atoms with van der Waals surface area (Å²) in [5.41, 5.74) is 10.4. The van der Waals surface area contributed by atoms with Gasteiger partial charge in [-0.15, -0.1) is 0 Å². The number of carboxylic acids is 2. The number of carbonyl (C=O) groups is 3. The minimum Gasteiger partial charge on any atom is -0.480 e. The van der Waals surface area contributed by atoms with Gasteiger partial charge in [0.25, 0.3) is 0 Å². The number of carboxylic acid groups (broad SMARTS) is 2. The second-order valence-corrected chi connectivity index (χ2v) is 6.31. The molecule has 6 N–H and O–H groups in total. The van der Waals surface area contributed by atoms with Crippen molar-refractivity contribution in [1.29, 1.82) is 0 Å². The van der Waals surface area contributed by atoms with Gasteiger partial charge in [0.15, 0.2) is 0 Å². The van der Waals surface area contributed by atoms with Gasteiger partial charge in [-0.3, -0.25) is 9.59 Å². The van der Waals surface area contributed by atoms with Crippen LogP contribution in [0.2, 0.25) is 0 Å². The average Bonchev–Trinajstić information content (AvgIpc) is 2.53. The molecule has 0 aromatic heterocycles. The van der Waals surface area contributed by atoms with Crippen LogP contribution in [0.15, 0.2) is 0 Å². The van der Waals surface area contributed by atoms with E-state index in [1.54, 1.807) is 13.2 Å². The van der Waals surface area contributed by atoms with Gasteiger partial charge in [-0.05, 0) is 25.6 Å². The van der Waals surface area contributed by atoms with Crippen molar-refractivity contribution in [2.75, 3.05) is 24.3 Å². The smallest absolute Gasteiger partial charge is 0.345 e. The van der Waals surface area contributed by atoms with Crippen molar-refractivity contribution in [3.63, 3.8) is 0 Å². The van der Waals surface area contributed by atoms with Crippen molar-refractivity contribution in [1.82, 2.24) is 0 Å². The maximum absolute atomic E-state index is 11.2. The van der Waals surface area contributed by atoms with Gasteiger partial charge in [-0.25, -0.2) is 4.79 Å². The van der Waals surface area contributed by atoms with Crippen LogP contribution in [0.25, 0.3) is 0 Å². The van der Waals surface area contributed by atoms with Crippen molar-refractivity contribution in [2.45, 2.75) is 38.3 Å². The van der Waals surface area contributed by atoms with Crippen LogP contribution >= 0.6 is 24.4 Å². The molecular formula is C14H28N2O6S2. The molecule has 0 aromatic carbocycles. The number of rotatable bonds is 11. The number of nitrogens with two attached hydrogens (primary N) is 2. The summed E-state index contributed by atoms with van der Waals surface area (Å²) in [6.07, 6.45) is 2.86. The van der Waals surface area contributed by atoms with E-state index in [9.17, 15) is 14.4 Å². The van der Waals surface area contributed by atoms with Gasteiger partial charge in [-0.2, -0.15) is 24.4 Å². The zero-order chi connectivity index (χ0) is 19.1. The highest BCUT2D eigenvalue weighted by atomic mass is 32.2. The van der Waals surface area contributed by atoms with Crippen LogP contribution in [0.4, 0.5) is 0 Å². The fourth-order valence-electron chi connectivity index (χ4n) is 1.27. The minimum atomic E-state index is -1.11. The first kappa shape index (κ1) is 25.3. The lowest BCUT2D eigenvalue weighted by atomic mass is 10.1. The summed E-state index contributed by atoms with van der Waals surface area (Å²) >= 11 is 5.25. The van der Waals surface area contributed by atoms with E-state index in [1.165, 1.54) is 11.8 Å². The second kappa shape index (κ2) is 15.6. The molecule has 142 valence electrons. The van der Waals surface area contributed by atoms with Gasteiger partial charge in [0.05, 0.1) is 5.92 Å². The van der Waals surface area contributed by atoms with Gasteiger partial charge >= 0.3 is 17.9 Å². The van der Waals surface area contributed by atoms with Gasteiger partial charge < -0.3 is 26.4 Å². The minimum absolute atomic E-state index is 0.264. The van der Waals surface area contributed by atoms with E-state index in [4.69, 9.17) is 26.4 Å². The number of esters is 1. The number of ether oxygens (including phenoxy) is 1. The molecule has 0 saturated carbocycles. The van der Waals surface area contributed by atoms with Crippen LogP contribution < -0.4 is 11.5 Å². The molecule has 0 aliphatic rings. The van der Waals surface area contributed by atoms with Crippen LogP contribution in [-0.2, 0) is 19.1 Å². The molecule has 24 heavy (non-hydrogen) atoms. The molecular weight excluding hydrogens is 356 g/mol. The normalized spacial score (nSPS) is 13.9. The Morgan fingerprint density at radius 3 is 2.17 bits per heavy atom. The Hall–Kier alpha value is -0.970. The predicted octanol–water partition coefficient (Wildman–Crippen LogP) is 0.439. The highest BCUT2D eigenvalue weighted by Gasteiger charge is 2.24. The Morgan fingerprint density at radius 2 is 1.79 bits per heavy atom. The average molecular weight is 385 g/mol. The number of aliphatic carboxylic acids is 2. The fourth-order valence-corrected chi connectivity index (χ4v) is 1.93. The van der Waals surface area contributed by atoms with Crippen molar-refractivity contribution in [3.8, 4) is 0 Å². The van der Waals surface area contributed by atoms with Crippen LogP contribution in [0.1, 0.15) is 26.2 Å². The van der Waals surface area contributed by atoms with E-state index in [2.05, 4.69) is 12.6 Å². The Labute approximate surface area is 152 Å². The van der Waals surface area contributed by atoms with E-state index in [0.29, 0.717) is 18.7 Å². The lowest BCUT2D eigenvalue weighted by Crippen LogP contribution is -2.31. The molecule has 0 amide bonds. The Balaban J connectivity index is 0. The topological polar surface area (TPSA) is 153 Å². The Kier molecular flexibility index (Phi) is 16.4. The van der Waals surface area contributed by atoms with E-state index in [1.807, 2.05) is 0 Å². The SMILES string of the molecule is CSC[C@H](OC(=O)[C@H](C)CS)C(=O)O.NCCCC[C@H](N)C(=O)O.